The van der Waals surface area contributed by atoms with E-state index >= 15 is 0 Å². The van der Waals surface area contributed by atoms with Gasteiger partial charge in [0.25, 0.3) is 0 Å². The molecule has 0 unspecified atom stereocenters. The average Bonchev–Trinajstić information content (AvgIpc) is 3.45. The number of amides is 3. The highest BCUT2D eigenvalue weighted by molar-refractivity contribution is 9.11. The quantitative estimate of drug-likeness (QED) is 0.269. The third-order valence-corrected chi connectivity index (χ3v) is 10.2. The van der Waals surface area contributed by atoms with Crippen molar-refractivity contribution in [3.63, 3.8) is 0 Å². The Kier molecular flexibility index (Phi) is 11.6. The molecule has 2 aliphatic rings. The zero-order valence-electron chi connectivity index (χ0n) is 26.6. The number of H-pyrrole nitrogens is 1. The number of hydrogen-bond donors (Lipinski definition) is 3. The highest BCUT2D eigenvalue weighted by Crippen LogP contribution is 2.30. The third-order valence-electron chi connectivity index (χ3n) is 8.91. The van der Waals surface area contributed by atoms with Gasteiger partial charge in [0.05, 0.1) is 11.4 Å². The van der Waals surface area contributed by atoms with Gasteiger partial charge >= 0.3 is 11.7 Å². The summed E-state index contributed by atoms with van der Waals surface area (Å²) in [6, 6.07) is 12.6. The lowest BCUT2D eigenvalue weighted by Gasteiger charge is -2.37. The lowest BCUT2D eigenvalue weighted by Crippen LogP contribution is -2.57. The molecule has 5 rings (SSSR count). The summed E-state index contributed by atoms with van der Waals surface area (Å²) >= 11 is 7.03. The zero-order valence-corrected chi connectivity index (χ0v) is 29.7. The molecule has 2 fully saturated rings. The van der Waals surface area contributed by atoms with Crippen LogP contribution in [0.5, 0.6) is 0 Å². The Balaban J connectivity index is 1.22. The van der Waals surface area contributed by atoms with Gasteiger partial charge in [-0.15, -0.1) is 0 Å². The Hall–Kier alpha value is -3.13. The predicted octanol–water partition coefficient (Wildman–Crippen LogP) is 4.00. The van der Waals surface area contributed by atoms with Crippen LogP contribution in [0, 0.1) is 0 Å². The Bertz CT molecular complexity index is 1520. The molecular weight excluding hydrogens is 716 g/mol. The number of aromatic amines is 1. The number of carbonyl (C=O) groups excluding carboxylic acids is 2. The third kappa shape index (κ3) is 8.61. The molecule has 2 aromatic carbocycles. The largest absolute Gasteiger partial charge is 0.397 e. The molecule has 0 saturated carbocycles. The molecule has 13 heteroatoms. The number of likely N-dealkylation sites (tertiary alicyclic amines) is 1. The summed E-state index contributed by atoms with van der Waals surface area (Å²) < 4.78 is 3.22. The minimum Gasteiger partial charge on any atom is -0.397 e. The maximum atomic E-state index is 13.9. The van der Waals surface area contributed by atoms with Crippen LogP contribution in [-0.4, -0.2) is 114 Å². The van der Waals surface area contributed by atoms with Crippen molar-refractivity contribution in [1.29, 1.82) is 0 Å². The minimum atomic E-state index is -0.728. The Morgan fingerprint density at radius 3 is 2.28 bits per heavy atom. The summed E-state index contributed by atoms with van der Waals surface area (Å²) in [5.74, 6) is -0.0763. The van der Waals surface area contributed by atoms with E-state index in [0.717, 1.165) is 58.4 Å². The second kappa shape index (κ2) is 15.6. The fourth-order valence-electron chi connectivity index (χ4n) is 6.25. The molecule has 3 aromatic rings. The van der Waals surface area contributed by atoms with E-state index in [1.165, 1.54) is 0 Å². The fraction of sp³-hybridized carbons (Fsp3) is 0.485. The molecule has 0 radical (unpaired) electrons. The van der Waals surface area contributed by atoms with E-state index in [1.807, 2.05) is 53.6 Å². The lowest BCUT2D eigenvalue weighted by molar-refractivity contribution is -0.135. The number of benzene rings is 2. The molecule has 46 heavy (non-hydrogen) atoms. The summed E-state index contributed by atoms with van der Waals surface area (Å²) in [5, 5.41) is 3.08. The first-order valence-corrected chi connectivity index (χ1v) is 17.5. The van der Waals surface area contributed by atoms with Crippen LogP contribution in [-0.2, 0) is 11.2 Å². The monoisotopic (exact) mass is 758 g/mol. The summed E-state index contributed by atoms with van der Waals surface area (Å²) in [4.78, 5) is 51.5. The van der Waals surface area contributed by atoms with E-state index in [1.54, 1.807) is 9.47 Å². The van der Waals surface area contributed by atoms with Gasteiger partial charge in [0.1, 0.15) is 6.04 Å². The predicted molar refractivity (Wildman–Crippen MR) is 189 cm³/mol. The molecule has 0 aliphatic carbocycles. The Morgan fingerprint density at radius 2 is 1.65 bits per heavy atom. The molecule has 3 amide bonds. The number of piperazine rings is 1. The number of imidazole rings is 1. The number of carbonyl (C=O) groups is 2. The maximum absolute atomic E-state index is 13.9. The van der Waals surface area contributed by atoms with Gasteiger partial charge < -0.3 is 30.7 Å². The maximum Gasteiger partial charge on any atom is 0.326 e. The van der Waals surface area contributed by atoms with Crippen molar-refractivity contribution < 1.29 is 9.59 Å². The molecule has 1 aromatic heterocycles. The first-order chi connectivity index (χ1) is 22.1. The van der Waals surface area contributed by atoms with Gasteiger partial charge in [-0.05, 0) is 102 Å². The molecule has 2 aliphatic heterocycles. The van der Waals surface area contributed by atoms with Crippen LogP contribution in [0.25, 0.3) is 11.3 Å². The highest BCUT2D eigenvalue weighted by atomic mass is 79.9. The van der Waals surface area contributed by atoms with Crippen LogP contribution in [0.2, 0.25) is 0 Å². The second-order valence-electron chi connectivity index (χ2n) is 12.5. The standard InChI is InChI=1S/C33H44Br2N8O3/c1-39(2)11-6-12-40-15-17-41(18-16-40)31(44)28(21-23-19-26(34)30(36)27(35)20-23)37-32(45)42-13-9-25(10-14-42)43-22-29(38-33(43)46)24-7-4-3-5-8-24/h3-5,7-8,19-20,22,25,28H,6,9-18,21,36H2,1-2H3,(H,37,45)(H,38,46)/t28-/m0/s1. The zero-order chi connectivity index (χ0) is 32.8. The van der Waals surface area contributed by atoms with Crippen molar-refractivity contribution in [3.05, 3.63) is 73.7 Å². The number of nitrogen functional groups attached to an aromatic ring is 1. The summed E-state index contributed by atoms with van der Waals surface area (Å²) in [6.45, 7) is 5.91. The fourth-order valence-corrected chi connectivity index (χ4v) is 7.53. The molecule has 1 atom stereocenters. The van der Waals surface area contributed by atoms with E-state index in [4.69, 9.17) is 5.73 Å². The van der Waals surface area contributed by atoms with Crippen LogP contribution < -0.4 is 16.7 Å². The van der Waals surface area contributed by atoms with Gasteiger partial charge in [-0.1, -0.05) is 30.3 Å². The number of anilines is 1. The van der Waals surface area contributed by atoms with Crippen molar-refractivity contribution >= 4 is 49.5 Å². The minimum absolute atomic E-state index is 0.0128. The van der Waals surface area contributed by atoms with E-state index < -0.39 is 6.04 Å². The smallest absolute Gasteiger partial charge is 0.326 e. The van der Waals surface area contributed by atoms with Gasteiger partial charge in [-0.2, -0.15) is 0 Å². The molecule has 0 bridgehead atoms. The molecule has 3 heterocycles. The first kappa shape index (κ1) is 34.2. The number of nitrogens with one attached hydrogen (secondary N) is 2. The van der Waals surface area contributed by atoms with Crippen molar-refractivity contribution in [3.8, 4) is 11.3 Å². The number of nitrogens with two attached hydrogens (primary N) is 1. The van der Waals surface area contributed by atoms with Crippen LogP contribution in [0.1, 0.15) is 30.9 Å². The van der Waals surface area contributed by atoms with Crippen LogP contribution >= 0.6 is 31.9 Å². The van der Waals surface area contributed by atoms with Crippen LogP contribution in [0.4, 0.5) is 10.5 Å². The van der Waals surface area contributed by atoms with Gasteiger partial charge in [0.15, 0.2) is 0 Å². The molecule has 2 saturated heterocycles. The Labute approximate surface area is 287 Å². The lowest BCUT2D eigenvalue weighted by atomic mass is 10.0. The average molecular weight is 761 g/mol. The summed E-state index contributed by atoms with van der Waals surface area (Å²) in [5.41, 5.74) is 9.17. The number of aromatic nitrogens is 2. The first-order valence-electron chi connectivity index (χ1n) is 15.9. The number of urea groups is 1. The summed E-state index contributed by atoms with van der Waals surface area (Å²) in [7, 11) is 4.16. The van der Waals surface area contributed by atoms with E-state index in [-0.39, 0.29) is 23.7 Å². The van der Waals surface area contributed by atoms with Crippen LogP contribution in [0.3, 0.4) is 0 Å². The molecule has 11 nitrogen and oxygen atoms in total. The molecule has 0 spiro atoms. The Morgan fingerprint density at radius 1 is 1.00 bits per heavy atom. The van der Waals surface area contributed by atoms with Crippen LogP contribution in [0.15, 0.2) is 62.4 Å². The number of hydrogen-bond acceptors (Lipinski definition) is 6. The second-order valence-corrected chi connectivity index (χ2v) is 14.2. The number of piperidine rings is 1. The SMILES string of the molecule is CN(C)CCCN1CCN(C(=O)[C@H](Cc2cc(Br)c(N)c(Br)c2)NC(=O)N2CCC(n3cc(-c4ccccc4)[nH]c3=O)CC2)CC1. The number of rotatable bonds is 10. The highest BCUT2D eigenvalue weighted by Gasteiger charge is 2.32. The number of halogens is 2. The normalized spacial score (nSPS) is 17.0. The topological polar surface area (TPSA) is 123 Å². The summed E-state index contributed by atoms with van der Waals surface area (Å²) in [6.07, 6.45) is 4.58. The van der Waals surface area contributed by atoms with Gasteiger partial charge in [-0.25, -0.2) is 9.59 Å². The van der Waals surface area contributed by atoms with Crippen molar-refractivity contribution in [1.82, 2.24) is 34.5 Å². The number of nitrogens with zero attached hydrogens (tertiary/aromatic N) is 5. The van der Waals surface area contributed by atoms with Crippen molar-refractivity contribution in [2.24, 2.45) is 0 Å². The van der Waals surface area contributed by atoms with Gasteiger partial charge in [0, 0.05) is 66.9 Å². The molecular formula is C33H44Br2N8O3. The van der Waals surface area contributed by atoms with E-state index in [0.29, 0.717) is 51.1 Å². The molecule has 4 N–H and O–H groups in total. The van der Waals surface area contributed by atoms with Gasteiger partial charge in [0.2, 0.25) is 5.91 Å². The van der Waals surface area contributed by atoms with Crippen molar-refractivity contribution in [2.75, 3.05) is 72.2 Å². The molecule has 248 valence electrons. The van der Waals surface area contributed by atoms with E-state index in [9.17, 15) is 14.4 Å². The van der Waals surface area contributed by atoms with E-state index in [2.05, 4.69) is 66.1 Å². The van der Waals surface area contributed by atoms with Crippen molar-refractivity contribution in [2.45, 2.75) is 37.8 Å². The van der Waals surface area contributed by atoms with Gasteiger partial charge in [-0.3, -0.25) is 14.3 Å².